The van der Waals surface area contributed by atoms with E-state index in [1.54, 1.807) is 7.11 Å². The van der Waals surface area contributed by atoms with Crippen molar-refractivity contribution in [3.8, 4) is 5.75 Å². The molecule has 1 amide bonds. The first-order valence-electron chi connectivity index (χ1n) is 7.77. The van der Waals surface area contributed by atoms with Gasteiger partial charge in [0.2, 0.25) is 5.91 Å². The molecule has 1 N–H and O–H groups in total. The van der Waals surface area contributed by atoms with Crippen molar-refractivity contribution in [3.05, 3.63) is 65.7 Å². The SMILES string of the molecule is COc1ccc([C@H](NC(=O)C2CCC2)c2ccccc2)cc1. The van der Waals surface area contributed by atoms with Crippen LogP contribution in [-0.2, 0) is 4.79 Å². The third-order valence-corrected chi connectivity index (χ3v) is 4.34. The van der Waals surface area contributed by atoms with Crippen LogP contribution in [0.25, 0.3) is 0 Å². The summed E-state index contributed by atoms with van der Waals surface area (Å²) in [5, 5.41) is 3.21. The van der Waals surface area contributed by atoms with Crippen LogP contribution in [0.3, 0.4) is 0 Å². The van der Waals surface area contributed by atoms with Gasteiger partial charge in [-0.3, -0.25) is 4.79 Å². The predicted octanol–water partition coefficient (Wildman–Crippen LogP) is 3.70. The number of rotatable bonds is 5. The summed E-state index contributed by atoms with van der Waals surface area (Å²) in [6.07, 6.45) is 3.18. The van der Waals surface area contributed by atoms with Crippen LogP contribution >= 0.6 is 0 Å². The summed E-state index contributed by atoms with van der Waals surface area (Å²) in [7, 11) is 1.65. The van der Waals surface area contributed by atoms with Crippen LogP contribution < -0.4 is 10.1 Å². The molecular weight excluding hydrogens is 274 g/mol. The predicted molar refractivity (Wildman–Crippen MR) is 86.8 cm³/mol. The van der Waals surface area contributed by atoms with Gasteiger partial charge in [0.15, 0.2) is 0 Å². The highest BCUT2D eigenvalue weighted by Crippen LogP contribution is 2.29. The topological polar surface area (TPSA) is 38.3 Å². The molecule has 0 bridgehead atoms. The Bertz CT molecular complexity index is 618. The van der Waals surface area contributed by atoms with Gasteiger partial charge < -0.3 is 10.1 Å². The maximum atomic E-state index is 12.4. The highest BCUT2D eigenvalue weighted by atomic mass is 16.5. The second-order valence-corrected chi connectivity index (χ2v) is 5.75. The molecule has 0 radical (unpaired) electrons. The monoisotopic (exact) mass is 295 g/mol. The molecule has 3 rings (SSSR count). The Hall–Kier alpha value is -2.29. The Balaban J connectivity index is 1.86. The van der Waals surface area contributed by atoms with Crippen molar-refractivity contribution < 1.29 is 9.53 Å². The molecule has 0 spiro atoms. The van der Waals surface area contributed by atoms with Crippen molar-refractivity contribution >= 4 is 5.91 Å². The summed E-state index contributed by atoms with van der Waals surface area (Å²) in [5.74, 6) is 1.17. The van der Waals surface area contributed by atoms with E-state index in [0.717, 1.165) is 36.1 Å². The molecule has 2 aromatic rings. The maximum Gasteiger partial charge on any atom is 0.223 e. The summed E-state index contributed by atoms with van der Waals surface area (Å²) in [6.45, 7) is 0. The van der Waals surface area contributed by atoms with Gasteiger partial charge in [0.1, 0.15) is 5.75 Å². The summed E-state index contributed by atoms with van der Waals surface area (Å²) < 4.78 is 5.21. The Labute approximate surface area is 131 Å². The fraction of sp³-hybridized carbons (Fsp3) is 0.316. The average molecular weight is 295 g/mol. The van der Waals surface area contributed by atoms with Crippen LogP contribution in [0, 0.1) is 5.92 Å². The van der Waals surface area contributed by atoms with E-state index in [2.05, 4.69) is 17.4 Å². The number of carbonyl (C=O) groups excluding carboxylic acids is 1. The summed E-state index contributed by atoms with van der Waals surface area (Å²) >= 11 is 0. The lowest BCUT2D eigenvalue weighted by Gasteiger charge is -2.28. The van der Waals surface area contributed by atoms with E-state index in [0.29, 0.717) is 0 Å². The van der Waals surface area contributed by atoms with Crippen LogP contribution in [0.15, 0.2) is 54.6 Å². The fourth-order valence-corrected chi connectivity index (χ4v) is 2.73. The van der Waals surface area contributed by atoms with Gasteiger partial charge >= 0.3 is 0 Å². The zero-order valence-electron chi connectivity index (χ0n) is 12.8. The van der Waals surface area contributed by atoms with Gasteiger partial charge in [0.05, 0.1) is 13.2 Å². The minimum atomic E-state index is -0.111. The van der Waals surface area contributed by atoms with Crippen molar-refractivity contribution in [2.24, 2.45) is 5.92 Å². The van der Waals surface area contributed by atoms with Gasteiger partial charge in [-0.1, -0.05) is 48.9 Å². The van der Waals surface area contributed by atoms with E-state index in [1.165, 1.54) is 0 Å². The largest absolute Gasteiger partial charge is 0.497 e. The van der Waals surface area contributed by atoms with Crippen LogP contribution in [0.1, 0.15) is 36.4 Å². The third kappa shape index (κ3) is 3.14. The molecule has 1 saturated carbocycles. The average Bonchev–Trinajstić information content (AvgIpc) is 2.52. The summed E-state index contributed by atoms with van der Waals surface area (Å²) in [6, 6.07) is 17.9. The molecule has 1 aliphatic rings. The molecule has 0 unspecified atom stereocenters. The fourth-order valence-electron chi connectivity index (χ4n) is 2.73. The highest BCUT2D eigenvalue weighted by Gasteiger charge is 2.27. The van der Waals surface area contributed by atoms with E-state index in [-0.39, 0.29) is 17.9 Å². The Morgan fingerprint density at radius 1 is 1.05 bits per heavy atom. The number of nitrogens with one attached hydrogen (secondary N) is 1. The van der Waals surface area contributed by atoms with Gasteiger partial charge in [-0.05, 0) is 36.1 Å². The number of amides is 1. The van der Waals surface area contributed by atoms with Crippen molar-refractivity contribution in [2.45, 2.75) is 25.3 Å². The molecular formula is C19H21NO2. The summed E-state index contributed by atoms with van der Waals surface area (Å²) in [4.78, 5) is 12.4. The molecule has 3 nitrogen and oxygen atoms in total. The molecule has 0 aliphatic heterocycles. The van der Waals surface area contributed by atoms with E-state index < -0.39 is 0 Å². The first kappa shape index (κ1) is 14.6. The van der Waals surface area contributed by atoms with E-state index in [1.807, 2.05) is 42.5 Å². The Morgan fingerprint density at radius 2 is 1.68 bits per heavy atom. The number of hydrogen-bond acceptors (Lipinski definition) is 2. The van der Waals surface area contributed by atoms with Crippen LogP contribution in [-0.4, -0.2) is 13.0 Å². The van der Waals surface area contributed by atoms with E-state index >= 15 is 0 Å². The molecule has 1 atom stereocenters. The Morgan fingerprint density at radius 3 is 2.23 bits per heavy atom. The lowest BCUT2D eigenvalue weighted by atomic mass is 9.84. The number of ether oxygens (including phenoxy) is 1. The molecule has 1 aliphatic carbocycles. The number of hydrogen-bond donors (Lipinski definition) is 1. The normalized spacial score (nSPS) is 15.7. The first-order valence-corrected chi connectivity index (χ1v) is 7.77. The number of benzene rings is 2. The van der Waals surface area contributed by atoms with Gasteiger partial charge in [0.25, 0.3) is 0 Å². The molecule has 1 fully saturated rings. The maximum absolute atomic E-state index is 12.4. The van der Waals surface area contributed by atoms with Gasteiger partial charge in [0, 0.05) is 5.92 Å². The zero-order valence-corrected chi connectivity index (χ0v) is 12.8. The number of carbonyl (C=O) groups is 1. The lowest BCUT2D eigenvalue weighted by molar-refractivity contribution is -0.127. The molecule has 2 aromatic carbocycles. The third-order valence-electron chi connectivity index (χ3n) is 4.34. The minimum Gasteiger partial charge on any atom is -0.497 e. The zero-order chi connectivity index (χ0) is 15.4. The summed E-state index contributed by atoms with van der Waals surface area (Å²) in [5.41, 5.74) is 2.17. The van der Waals surface area contributed by atoms with Crippen molar-refractivity contribution in [3.63, 3.8) is 0 Å². The number of methoxy groups -OCH3 is 1. The van der Waals surface area contributed by atoms with E-state index in [9.17, 15) is 4.79 Å². The molecule has 114 valence electrons. The smallest absolute Gasteiger partial charge is 0.223 e. The first-order chi connectivity index (χ1) is 10.8. The van der Waals surface area contributed by atoms with Gasteiger partial charge in [-0.2, -0.15) is 0 Å². The highest BCUT2D eigenvalue weighted by molar-refractivity contribution is 5.80. The molecule has 0 aromatic heterocycles. The van der Waals surface area contributed by atoms with Crippen LogP contribution in [0.5, 0.6) is 5.75 Å². The molecule has 22 heavy (non-hydrogen) atoms. The lowest BCUT2D eigenvalue weighted by Crippen LogP contribution is -2.37. The van der Waals surface area contributed by atoms with Crippen molar-refractivity contribution in [2.75, 3.05) is 7.11 Å². The van der Waals surface area contributed by atoms with Gasteiger partial charge in [-0.15, -0.1) is 0 Å². The van der Waals surface area contributed by atoms with Crippen molar-refractivity contribution in [1.82, 2.24) is 5.32 Å². The quantitative estimate of drug-likeness (QED) is 0.913. The van der Waals surface area contributed by atoms with Crippen LogP contribution in [0.2, 0.25) is 0 Å². The molecule has 0 saturated heterocycles. The second kappa shape index (κ2) is 6.65. The Kier molecular flexibility index (Phi) is 4.42. The minimum absolute atomic E-state index is 0.111. The van der Waals surface area contributed by atoms with Crippen molar-refractivity contribution in [1.29, 1.82) is 0 Å². The standard InChI is InChI=1S/C19H21NO2/c1-22-17-12-10-15(11-13-17)18(14-6-3-2-4-7-14)20-19(21)16-8-5-9-16/h2-4,6-7,10-13,16,18H,5,8-9H2,1H3,(H,20,21)/t18-/m1/s1. The molecule has 3 heteroatoms. The van der Waals surface area contributed by atoms with Crippen LogP contribution in [0.4, 0.5) is 0 Å². The van der Waals surface area contributed by atoms with E-state index in [4.69, 9.17) is 4.74 Å². The molecule has 0 heterocycles. The second-order valence-electron chi connectivity index (χ2n) is 5.75. The van der Waals surface area contributed by atoms with Gasteiger partial charge in [-0.25, -0.2) is 0 Å².